The van der Waals surface area contributed by atoms with E-state index in [1.165, 1.54) is 5.39 Å². The molecular weight excluding hydrogens is 312 g/mol. The minimum atomic E-state index is -0.105. The van der Waals surface area contributed by atoms with Gasteiger partial charge >= 0.3 is 0 Å². The maximum absolute atomic E-state index is 12.2. The van der Waals surface area contributed by atoms with Gasteiger partial charge in [-0.3, -0.25) is 9.78 Å². The molecule has 4 rings (SSSR count). The normalized spacial score (nSPS) is 15.6. The summed E-state index contributed by atoms with van der Waals surface area (Å²) in [4.78, 5) is 24.4. The van der Waals surface area contributed by atoms with Crippen molar-refractivity contribution in [2.75, 3.05) is 37.6 Å². The number of nitrogens with zero attached hydrogens (tertiary/aromatic N) is 3. The molecule has 1 fully saturated rings. The van der Waals surface area contributed by atoms with E-state index in [2.05, 4.69) is 46.0 Å². The third kappa shape index (κ3) is 3.28. The summed E-state index contributed by atoms with van der Waals surface area (Å²) >= 11 is 0. The number of hydrogen-bond donors (Lipinski definition) is 1. The van der Waals surface area contributed by atoms with E-state index < -0.39 is 0 Å². The second-order valence-corrected chi connectivity index (χ2v) is 6.44. The molecule has 0 aliphatic carbocycles. The summed E-state index contributed by atoms with van der Waals surface area (Å²) in [7, 11) is 0. The van der Waals surface area contributed by atoms with E-state index in [9.17, 15) is 4.79 Å². The average molecular weight is 334 g/mol. The van der Waals surface area contributed by atoms with Crippen molar-refractivity contribution >= 4 is 16.7 Å². The minimum Gasteiger partial charge on any atom is -0.340 e. The van der Waals surface area contributed by atoms with Crippen LogP contribution < -0.4 is 10.5 Å². The van der Waals surface area contributed by atoms with Crippen LogP contribution in [0.25, 0.3) is 22.0 Å². The third-order valence-corrected chi connectivity index (χ3v) is 4.89. The van der Waals surface area contributed by atoms with Gasteiger partial charge in [-0.05, 0) is 23.4 Å². The predicted octanol–water partition coefficient (Wildman–Crippen LogP) is 2.73. The first kappa shape index (κ1) is 15.8. The molecule has 5 nitrogen and oxygen atoms in total. The van der Waals surface area contributed by atoms with Crippen LogP contribution in [0.5, 0.6) is 0 Å². The van der Waals surface area contributed by atoms with E-state index in [0.717, 1.165) is 49.4 Å². The first-order valence-corrected chi connectivity index (χ1v) is 8.81. The largest absolute Gasteiger partial charge is 0.340 e. The van der Waals surface area contributed by atoms with Crippen LogP contribution in [0.3, 0.4) is 0 Å². The molecule has 1 N–H and O–H groups in total. The van der Waals surface area contributed by atoms with E-state index in [1.54, 1.807) is 6.07 Å². The van der Waals surface area contributed by atoms with Crippen molar-refractivity contribution in [3.63, 3.8) is 0 Å². The Hall–Kier alpha value is -2.66. The molecule has 0 atom stereocenters. The fraction of sp³-hybridized carbons (Fsp3) is 0.300. The molecule has 2 heterocycles. The smallest absolute Gasteiger partial charge is 0.252 e. The summed E-state index contributed by atoms with van der Waals surface area (Å²) in [6, 6.07) is 16.0. The second kappa shape index (κ2) is 6.69. The van der Waals surface area contributed by atoms with Crippen molar-refractivity contribution in [3.05, 3.63) is 58.9 Å². The maximum atomic E-state index is 12.2. The van der Waals surface area contributed by atoms with E-state index in [4.69, 9.17) is 4.98 Å². The number of fused-ring (bicyclic) bond motifs is 1. The van der Waals surface area contributed by atoms with Crippen LogP contribution in [0.4, 0.5) is 5.95 Å². The highest BCUT2D eigenvalue weighted by Gasteiger charge is 2.18. The van der Waals surface area contributed by atoms with Gasteiger partial charge in [0, 0.05) is 37.8 Å². The molecule has 2 aromatic carbocycles. The fourth-order valence-corrected chi connectivity index (χ4v) is 3.37. The number of aromatic nitrogens is 2. The molecule has 5 heteroatoms. The van der Waals surface area contributed by atoms with Crippen molar-refractivity contribution in [2.45, 2.75) is 6.92 Å². The summed E-state index contributed by atoms with van der Waals surface area (Å²) in [6.07, 6.45) is 0. The highest BCUT2D eigenvalue weighted by atomic mass is 16.1. The molecule has 1 aliphatic heterocycles. The topological polar surface area (TPSA) is 52.2 Å². The van der Waals surface area contributed by atoms with Gasteiger partial charge in [0.25, 0.3) is 5.56 Å². The number of nitrogens with one attached hydrogen (secondary N) is 1. The average Bonchev–Trinajstić information content (AvgIpc) is 2.67. The molecule has 25 heavy (non-hydrogen) atoms. The van der Waals surface area contributed by atoms with Crippen LogP contribution in [-0.2, 0) is 0 Å². The SMILES string of the molecule is CCN1CCN(c2nc(-c3ccc4ccccc4c3)cc(=O)[nH]2)CC1. The molecule has 0 unspecified atom stereocenters. The van der Waals surface area contributed by atoms with Gasteiger partial charge in [0.15, 0.2) is 0 Å². The molecule has 0 bridgehead atoms. The summed E-state index contributed by atoms with van der Waals surface area (Å²) in [5.41, 5.74) is 1.59. The van der Waals surface area contributed by atoms with Crippen molar-refractivity contribution in [2.24, 2.45) is 0 Å². The number of anilines is 1. The number of benzene rings is 2. The summed E-state index contributed by atoms with van der Waals surface area (Å²) in [5.74, 6) is 0.673. The minimum absolute atomic E-state index is 0.105. The second-order valence-electron chi connectivity index (χ2n) is 6.44. The lowest BCUT2D eigenvalue weighted by Gasteiger charge is -2.34. The van der Waals surface area contributed by atoms with Gasteiger partial charge in [0.05, 0.1) is 5.69 Å². The Morgan fingerprint density at radius 2 is 1.76 bits per heavy atom. The quantitative estimate of drug-likeness (QED) is 0.800. The van der Waals surface area contributed by atoms with Gasteiger partial charge in [0.2, 0.25) is 5.95 Å². The molecule has 3 aromatic rings. The first-order valence-electron chi connectivity index (χ1n) is 8.81. The third-order valence-electron chi connectivity index (χ3n) is 4.89. The van der Waals surface area contributed by atoms with E-state index >= 15 is 0 Å². The summed E-state index contributed by atoms with van der Waals surface area (Å²) in [5, 5.41) is 2.34. The number of aromatic amines is 1. The van der Waals surface area contributed by atoms with Crippen molar-refractivity contribution < 1.29 is 0 Å². The Kier molecular flexibility index (Phi) is 4.24. The van der Waals surface area contributed by atoms with Crippen LogP contribution in [0, 0.1) is 0 Å². The highest BCUT2D eigenvalue weighted by Crippen LogP contribution is 2.23. The van der Waals surface area contributed by atoms with E-state index in [1.807, 2.05) is 18.2 Å². The zero-order chi connectivity index (χ0) is 17.2. The Labute approximate surface area is 146 Å². The van der Waals surface area contributed by atoms with Crippen LogP contribution in [0.1, 0.15) is 6.92 Å². The molecule has 1 aliphatic rings. The van der Waals surface area contributed by atoms with E-state index in [0.29, 0.717) is 5.95 Å². The number of H-pyrrole nitrogens is 1. The van der Waals surface area contributed by atoms with Crippen molar-refractivity contribution in [3.8, 4) is 11.3 Å². The lowest BCUT2D eigenvalue weighted by Crippen LogP contribution is -2.47. The standard InChI is InChI=1S/C20H22N4O/c1-2-23-9-11-24(12-10-23)20-21-18(14-19(25)22-20)17-8-7-15-5-3-4-6-16(15)13-17/h3-8,13-14H,2,9-12H2,1H3,(H,21,22,25). The Morgan fingerprint density at radius 3 is 2.52 bits per heavy atom. The number of likely N-dealkylation sites (N-methyl/N-ethyl adjacent to an activating group) is 1. The molecule has 1 saturated heterocycles. The lowest BCUT2D eigenvalue weighted by atomic mass is 10.1. The van der Waals surface area contributed by atoms with Crippen LogP contribution in [-0.4, -0.2) is 47.6 Å². The van der Waals surface area contributed by atoms with Gasteiger partial charge in [-0.1, -0.05) is 43.3 Å². The molecule has 0 amide bonds. The molecular formula is C20H22N4O. The van der Waals surface area contributed by atoms with Crippen molar-refractivity contribution in [1.29, 1.82) is 0 Å². The monoisotopic (exact) mass is 334 g/mol. The van der Waals surface area contributed by atoms with Gasteiger partial charge in [-0.25, -0.2) is 4.98 Å². The highest BCUT2D eigenvalue weighted by molar-refractivity contribution is 5.86. The molecule has 0 saturated carbocycles. The zero-order valence-corrected chi connectivity index (χ0v) is 14.4. The number of hydrogen-bond acceptors (Lipinski definition) is 4. The summed E-state index contributed by atoms with van der Waals surface area (Å²) in [6.45, 7) is 7.02. The zero-order valence-electron chi connectivity index (χ0n) is 14.4. The first-order chi connectivity index (χ1) is 12.2. The predicted molar refractivity (Wildman–Crippen MR) is 102 cm³/mol. The van der Waals surface area contributed by atoms with Crippen LogP contribution in [0.15, 0.2) is 53.3 Å². The number of piperazine rings is 1. The fourth-order valence-electron chi connectivity index (χ4n) is 3.37. The maximum Gasteiger partial charge on any atom is 0.252 e. The van der Waals surface area contributed by atoms with Gasteiger partial charge in [-0.15, -0.1) is 0 Å². The van der Waals surface area contributed by atoms with Gasteiger partial charge < -0.3 is 9.80 Å². The molecule has 128 valence electrons. The Balaban J connectivity index is 1.68. The Morgan fingerprint density at radius 1 is 1.00 bits per heavy atom. The molecule has 0 radical (unpaired) electrons. The summed E-state index contributed by atoms with van der Waals surface area (Å²) < 4.78 is 0. The van der Waals surface area contributed by atoms with Gasteiger partial charge in [-0.2, -0.15) is 0 Å². The lowest BCUT2D eigenvalue weighted by molar-refractivity contribution is 0.270. The van der Waals surface area contributed by atoms with Crippen LogP contribution >= 0.6 is 0 Å². The number of rotatable bonds is 3. The van der Waals surface area contributed by atoms with Crippen molar-refractivity contribution in [1.82, 2.24) is 14.9 Å². The van der Waals surface area contributed by atoms with Crippen LogP contribution in [0.2, 0.25) is 0 Å². The molecule has 0 spiro atoms. The Bertz CT molecular complexity index is 942. The van der Waals surface area contributed by atoms with E-state index in [-0.39, 0.29) is 5.56 Å². The van der Waals surface area contributed by atoms with Gasteiger partial charge in [0.1, 0.15) is 0 Å². The molecule has 1 aromatic heterocycles.